The van der Waals surface area contributed by atoms with E-state index in [0.29, 0.717) is 17.4 Å². The molecular formula is C56H97NO8. The van der Waals surface area contributed by atoms with Gasteiger partial charge in [-0.05, 0) is 83.5 Å². The SMILES string of the molecule is CC/C=C\C/C=C\C/C=C\C/C=C\C/C=C\CCCCCCCC(=O)OC(COC(=O)CCCCCCCCCCC/C=C\CCCCCCCC)COC(OCC[N+](C)(C)C)C(=O)[O-]. The van der Waals surface area contributed by atoms with E-state index in [1.165, 1.54) is 89.9 Å². The number of rotatable bonds is 47. The number of aliphatic carboxylic acids is 1. The molecule has 0 aliphatic rings. The lowest BCUT2D eigenvalue weighted by molar-refractivity contribution is -0.870. The van der Waals surface area contributed by atoms with E-state index in [-0.39, 0.29) is 38.6 Å². The largest absolute Gasteiger partial charge is 0.545 e. The molecule has 0 amide bonds. The highest BCUT2D eigenvalue weighted by atomic mass is 16.7. The minimum atomic E-state index is -1.63. The summed E-state index contributed by atoms with van der Waals surface area (Å²) in [6.45, 7) is 4.60. The second-order valence-electron chi connectivity index (χ2n) is 18.4. The molecule has 9 heteroatoms. The second kappa shape index (κ2) is 47.2. The average Bonchev–Trinajstić information content (AvgIpc) is 3.27. The Kier molecular flexibility index (Phi) is 44.9. The number of carbonyl (C=O) groups excluding carboxylic acids is 3. The first-order valence-electron chi connectivity index (χ1n) is 26.1. The highest BCUT2D eigenvalue weighted by Crippen LogP contribution is 2.14. The van der Waals surface area contributed by atoms with Crippen molar-refractivity contribution in [2.75, 3.05) is 47.5 Å². The lowest BCUT2D eigenvalue weighted by Crippen LogP contribution is -2.44. The summed E-state index contributed by atoms with van der Waals surface area (Å²) in [6, 6.07) is 0. The van der Waals surface area contributed by atoms with Crippen LogP contribution in [0.3, 0.4) is 0 Å². The smallest absolute Gasteiger partial charge is 0.306 e. The maximum absolute atomic E-state index is 12.8. The first-order chi connectivity index (χ1) is 31.6. The molecule has 2 atom stereocenters. The Morgan fingerprint density at radius 1 is 0.477 bits per heavy atom. The minimum Gasteiger partial charge on any atom is -0.545 e. The Labute approximate surface area is 398 Å². The number of carboxylic acids is 1. The summed E-state index contributed by atoms with van der Waals surface area (Å²) in [5, 5.41) is 11.7. The van der Waals surface area contributed by atoms with Gasteiger partial charge in [0, 0.05) is 12.8 Å². The molecule has 0 aromatic heterocycles. The number of hydrogen-bond acceptors (Lipinski definition) is 8. The number of unbranched alkanes of at least 4 members (excludes halogenated alkanes) is 20. The topological polar surface area (TPSA) is 111 Å². The van der Waals surface area contributed by atoms with Crippen LogP contribution in [0.25, 0.3) is 0 Å². The molecule has 0 heterocycles. The average molecular weight is 912 g/mol. The van der Waals surface area contributed by atoms with Gasteiger partial charge in [-0.15, -0.1) is 0 Å². The van der Waals surface area contributed by atoms with E-state index < -0.39 is 24.3 Å². The Bertz CT molecular complexity index is 1290. The minimum absolute atomic E-state index is 0.140. The normalized spacial score (nSPS) is 13.4. The molecule has 0 saturated carbocycles. The molecule has 0 aromatic carbocycles. The quantitative estimate of drug-likeness (QED) is 0.0195. The van der Waals surface area contributed by atoms with E-state index in [2.05, 4.69) is 86.8 Å². The van der Waals surface area contributed by atoms with Crippen LogP contribution in [0, 0.1) is 0 Å². The molecular weight excluding hydrogens is 815 g/mol. The van der Waals surface area contributed by atoms with Gasteiger partial charge in [0.15, 0.2) is 12.4 Å². The van der Waals surface area contributed by atoms with E-state index in [4.69, 9.17) is 18.9 Å². The molecule has 0 aliphatic heterocycles. The fraction of sp³-hybridized carbons (Fsp3) is 0.732. The van der Waals surface area contributed by atoms with Crippen molar-refractivity contribution in [1.29, 1.82) is 0 Å². The molecule has 0 aromatic rings. The van der Waals surface area contributed by atoms with Gasteiger partial charge in [0.25, 0.3) is 0 Å². The van der Waals surface area contributed by atoms with Gasteiger partial charge >= 0.3 is 11.9 Å². The number of nitrogens with zero attached hydrogens (tertiary/aromatic N) is 1. The highest BCUT2D eigenvalue weighted by molar-refractivity contribution is 5.70. The zero-order chi connectivity index (χ0) is 47.7. The molecule has 0 spiro atoms. The molecule has 2 unspecified atom stereocenters. The maximum Gasteiger partial charge on any atom is 0.306 e. The highest BCUT2D eigenvalue weighted by Gasteiger charge is 2.22. The second-order valence-corrected chi connectivity index (χ2v) is 18.4. The van der Waals surface area contributed by atoms with Crippen LogP contribution >= 0.6 is 0 Å². The zero-order valence-electron chi connectivity index (χ0n) is 42.3. The van der Waals surface area contributed by atoms with Crippen LogP contribution in [-0.4, -0.2) is 82.3 Å². The summed E-state index contributed by atoms with van der Waals surface area (Å²) < 4.78 is 22.6. The third-order valence-corrected chi connectivity index (χ3v) is 10.9. The van der Waals surface area contributed by atoms with Crippen molar-refractivity contribution in [3.05, 3.63) is 72.9 Å². The van der Waals surface area contributed by atoms with Crippen LogP contribution in [0.5, 0.6) is 0 Å². The van der Waals surface area contributed by atoms with Gasteiger partial charge in [-0.1, -0.05) is 183 Å². The van der Waals surface area contributed by atoms with Gasteiger partial charge in [-0.3, -0.25) is 9.59 Å². The van der Waals surface area contributed by atoms with Crippen molar-refractivity contribution in [2.24, 2.45) is 0 Å². The van der Waals surface area contributed by atoms with E-state index in [1.54, 1.807) is 0 Å². The number of quaternary nitrogens is 1. The fourth-order valence-corrected chi connectivity index (χ4v) is 6.91. The number of hydrogen-bond donors (Lipinski definition) is 0. The van der Waals surface area contributed by atoms with Crippen molar-refractivity contribution in [3.8, 4) is 0 Å². The summed E-state index contributed by atoms with van der Waals surface area (Å²) in [6.07, 6.45) is 56.4. The fourth-order valence-electron chi connectivity index (χ4n) is 6.91. The third kappa shape index (κ3) is 48.5. The number of carbonyl (C=O) groups is 3. The zero-order valence-corrected chi connectivity index (χ0v) is 42.3. The van der Waals surface area contributed by atoms with E-state index in [1.807, 2.05) is 21.1 Å². The van der Waals surface area contributed by atoms with Crippen molar-refractivity contribution in [3.63, 3.8) is 0 Å². The molecule has 0 radical (unpaired) electrons. The summed E-state index contributed by atoms with van der Waals surface area (Å²) in [5.41, 5.74) is 0. The van der Waals surface area contributed by atoms with Crippen LogP contribution in [0.4, 0.5) is 0 Å². The first kappa shape index (κ1) is 61.7. The standard InChI is InChI=1S/C56H97NO8/c1-6-8-10-12-14-16-18-20-22-24-26-27-29-31-33-35-37-39-41-43-45-47-54(59)65-52(51-64-56(55(60)61)62-49-48-57(3,4)5)50-63-53(58)46-44-42-40-38-36-34-32-30-28-25-23-21-19-17-15-13-11-9-7-2/h8,10,14,16,20-23,26-27,31,33,52,56H,6-7,9,11-13,15,17-19,24-25,28-30,32,34-51H2,1-5H3/b10-8-,16-14-,22-20-,23-21-,27-26-,33-31-. The Morgan fingerprint density at radius 3 is 1.32 bits per heavy atom. The number of ether oxygens (including phenoxy) is 4. The Balaban J connectivity index is 4.39. The van der Waals surface area contributed by atoms with Gasteiger partial charge < -0.3 is 33.3 Å². The van der Waals surface area contributed by atoms with E-state index in [0.717, 1.165) is 83.5 Å². The van der Waals surface area contributed by atoms with Gasteiger partial charge in [-0.2, -0.15) is 0 Å². The molecule has 0 saturated heterocycles. The Morgan fingerprint density at radius 2 is 0.877 bits per heavy atom. The van der Waals surface area contributed by atoms with Crippen LogP contribution in [-0.2, 0) is 33.3 Å². The summed E-state index contributed by atoms with van der Waals surface area (Å²) >= 11 is 0. The third-order valence-electron chi connectivity index (χ3n) is 10.9. The molecule has 0 aliphatic carbocycles. The summed E-state index contributed by atoms with van der Waals surface area (Å²) in [7, 11) is 5.90. The number of likely N-dealkylation sites (N-methyl/N-ethyl adjacent to an activating group) is 1. The van der Waals surface area contributed by atoms with Crippen molar-refractivity contribution in [1.82, 2.24) is 0 Å². The molecule has 0 rings (SSSR count). The van der Waals surface area contributed by atoms with Crippen molar-refractivity contribution < 1.29 is 42.9 Å². The van der Waals surface area contributed by atoms with E-state index >= 15 is 0 Å². The van der Waals surface area contributed by atoms with Gasteiger partial charge in [0.1, 0.15) is 13.2 Å². The first-order valence-corrected chi connectivity index (χ1v) is 26.1. The number of allylic oxidation sites excluding steroid dienone is 12. The van der Waals surface area contributed by atoms with Crippen LogP contribution in [0.15, 0.2) is 72.9 Å². The monoisotopic (exact) mass is 912 g/mol. The van der Waals surface area contributed by atoms with E-state index in [9.17, 15) is 19.5 Å². The van der Waals surface area contributed by atoms with Crippen LogP contribution in [0.2, 0.25) is 0 Å². The molecule has 65 heavy (non-hydrogen) atoms. The van der Waals surface area contributed by atoms with Gasteiger partial charge in [0.2, 0.25) is 0 Å². The summed E-state index contributed by atoms with van der Waals surface area (Å²) in [4.78, 5) is 37.2. The number of esters is 2. The Hall–Kier alpha value is -3.27. The molecule has 0 N–H and O–H groups in total. The lowest BCUT2D eigenvalue weighted by Gasteiger charge is -2.26. The lowest BCUT2D eigenvalue weighted by atomic mass is 10.1. The molecule has 0 fully saturated rings. The maximum atomic E-state index is 12.8. The molecule has 374 valence electrons. The van der Waals surface area contributed by atoms with Crippen LogP contribution < -0.4 is 5.11 Å². The van der Waals surface area contributed by atoms with Crippen molar-refractivity contribution >= 4 is 17.9 Å². The number of carboxylic acid groups (broad SMARTS) is 1. The van der Waals surface area contributed by atoms with Gasteiger partial charge in [-0.25, -0.2) is 0 Å². The molecule has 0 bridgehead atoms. The van der Waals surface area contributed by atoms with Gasteiger partial charge in [0.05, 0.1) is 40.3 Å². The predicted octanol–water partition coefficient (Wildman–Crippen LogP) is 13.3. The van der Waals surface area contributed by atoms with Crippen LogP contribution in [0.1, 0.15) is 206 Å². The van der Waals surface area contributed by atoms with Crippen molar-refractivity contribution in [2.45, 2.75) is 219 Å². The summed E-state index contributed by atoms with van der Waals surface area (Å²) in [5.74, 6) is -2.32. The molecule has 9 nitrogen and oxygen atoms in total. The predicted molar refractivity (Wildman–Crippen MR) is 269 cm³/mol.